The third-order valence-electron chi connectivity index (χ3n) is 3.95. The molecule has 1 aromatic heterocycles. The molecule has 1 N–H and O–H groups in total. The predicted molar refractivity (Wildman–Crippen MR) is 95.9 cm³/mol. The standard InChI is InChI=1S/C19H17N3O5/c1-12(27-15-5-2-13(3-6-15)19-22-20-11-26-19)18(23)21-14-4-7-16-17(10-14)25-9-8-24-16/h2-7,10-12H,8-9H2,1H3,(H,21,23)/t12-/m1/s1. The van der Waals surface area contributed by atoms with Crippen LogP contribution in [0.25, 0.3) is 11.5 Å². The Labute approximate surface area is 155 Å². The second kappa shape index (κ2) is 7.36. The first kappa shape index (κ1) is 16.9. The third-order valence-corrected chi connectivity index (χ3v) is 3.95. The van der Waals surface area contributed by atoms with Gasteiger partial charge in [-0.3, -0.25) is 4.79 Å². The number of amides is 1. The number of carbonyl (C=O) groups excluding carboxylic acids is 1. The topological polar surface area (TPSA) is 95.7 Å². The first-order chi connectivity index (χ1) is 13.2. The van der Waals surface area contributed by atoms with Crippen LogP contribution in [0.2, 0.25) is 0 Å². The fourth-order valence-corrected chi connectivity index (χ4v) is 2.60. The van der Waals surface area contributed by atoms with Gasteiger partial charge >= 0.3 is 0 Å². The highest BCUT2D eigenvalue weighted by molar-refractivity contribution is 5.94. The van der Waals surface area contributed by atoms with Gasteiger partial charge in [-0.15, -0.1) is 10.2 Å². The largest absolute Gasteiger partial charge is 0.486 e. The molecular formula is C19H17N3O5. The zero-order valence-corrected chi connectivity index (χ0v) is 14.5. The van der Waals surface area contributed by atoms with E-state index < -0.39 is 6.10 Å². The van der Waals surface area contributed by atoms with E-state index >= 15 is 0 Å². The Hall–Kier alpha value is -3.55. The van der Waals surface area contributed by atoms with Crippen molar-refractivity contribution < 1.29 is 23.4 Å². The minimum Gasteiger partial charge on any atom is -0.486 e. The van der Waals surface area contributed by atoms with Gasteiger partial charge in [-0.2, -0.15) is 0 Å². The molecule has 138 valence electrons. The summed E-state index contributed by atoms with van der Waals surface area (Å²) in [6, 6.07) is 12.3. The molecular weight excluding hydrogens is 350 g/mol. The fourth-order valence-electron chi connectivity index (χ4n) is 2.60. The Morgan fingerprint density at radius 1 is 1.11 bits per heavy atom. The van der Waals surface area contributed by atoms with Gasteiger partial charge in [-0.05, 0) is 43.3 Å². The molecule has 0 aliphatic carbocycles. The fraction of sp³-hybridized carbons (Fsp3) is 0.211. The van der Waals surface area contributed by atoms with Crippen LogP contribution in [-0.2, 0) is 4.79 Å². The predicted octanol–water partition coefficient (Wildman–Crippen LogP) is 2.91. The van der Waals surface area contributed by atoms with E-state index in [0.29, 0.717) is 42.0 Å². The van der Waals surface area contributed by atoms with Crippen molar-refractivity contribution in [2.45, 2.75) is 13.0 Å². The first-order valence-corrected chi connectivity index (χ1v) is 8.43. The lowest BCUT2D eigenvalue weighted by molar-refractivity contribution is -0.122. The lowest BCUT2D eigenvalue weighted by Gasteiger charge is -2.19. The number of benzene rings is 2. The summed E-state index contributed by atoms with van der Waals surface area (Å²) in [6.45, 7) is 2.69. The van der Waals surface area contributed by atoms with Crippen LogP contribution in [0, 0.1) is 0 Å². The zero-order chi connectivity index (χ0) is 18.6. The monoisotopic (exact) mass is 367 g/mol. The van der Waals surface area contributed by atoms with Gasteiger partial charge < -0.3 is 23.9 Å². The molecule has 3 aromatic rings. The molecule has 1 amide bonds. The van der Waals surface area contributed by atoms with Crippen molar-refractivity contribution in [1.29, 1.82) is 0 Å². The lowest BCUT2D eigenvalue weighted by atomic mass is 10.2. The average molecular weight is 367 g/mol. The Morgan fingerprint density at radius 2 is 1.89 bits per heavy atom. The third kappa shape index (κ3) is 3.84. The maximum absolute atomic E-state index is 12.4. The van der Waals surface area contributed by atoms with Crippen LogP contribution in [0.15, 0.2) is 53.3 Å². The molecule has 0 spiro atoms. The van der Waals surface area contributed by atoms with Gasteiger partial charge in [-0.25, -0.2) is 0 Å². The summed E-state index contributed by atoms with van der Waals surface area (Å²) in [7, 11) is 0. The second-order valence-electron chi connectivity index (χ2n) is 5.88. The van der Waals surface area contributed by atoms with Gasteiger partial charge in [0.15, 0.2) is 17.6 Å². The molecule has 0 fully saturated rings. The van der Waals surface area contributed by atoms with Crippen molar-refractivity contribution in [3.05, 3.63) is 48.9 Å². The summed E-state index contributed by atoms with van der Waals surface area (Å²) in [5.74, 6) is 2.00. The summed E-state index contributed by atoms with van der Waals surface area (Å²) in [5, 5.41) is 10.3. The molecule has 1 atom stereocenters. The normalized spacial score (nSPS) is 13.7. The van der Waals surface area contributed by atoms with Gasteiger partial charge in [0.05, 0.1) is 0 Å². The van der Waals surface area contributed by atoms with Crippen molar-refractivity contribution in [3.63, 3.8) is 0 Å². The van der Waals surface area contributed by atoms with Gasteiger partial charge in [0.1, 0.15) is 19.0 Å². The highest BCUT2D eigenvalue weighted by atomic mass is 16.6. The minimum absolute atomic E-state index is 0.271. The van der Waals surface area contributed by atoms with Gasteiger partial charge in [0, 0.05) is 17.3 Å². The van der Waals surface area contributed by atoms with E-state index in [4.69, 9.17) is 18.6 Å². The Kier molecular flexibility index (Phi) is 4.61. The Balaban J connectivity index is 1.38. The van der Waals surface area contributed by atoms with Crippen molar-refractivity contribution >= 4 is 11.6 Å². The quantitative estimate of drug-likeness (QED) is 0.741. The second-order valence-corrected chi connectivity index (χ2v) is 5.88. The number of anilines is 1. The SMILES string of the molecule is C[C@@H](Oc1ccc(-c2nnco2)cc1)C(=O)Nc1ccc2c(c1)OCCO2. The number of fused-ring (bicyclic) bond motifs is 1. The highest BCUT2D eigenvalue weighted by Crippen LogP contribution is 2.32. The van der Waals surface area contributed by atoms with Crippen LogP contribution in [0.1, 0.15) is 6.92 Å². The lowest BCUT2D eigenvalue weighted by Crippen LogP contribution is -2.30. The number of hydrogen-bond acceptors (Lipinski definition) is 7. The number of aromatic nitrogens is 2. The number of hydrogen-bond donors (Lipinski definition) is 1. The molecule has 1 aliphatic rings. The molecule has 2 heterocycles. The Morgan fingerprint density at radius 3 is 2.63 bits per heavy atom. The summed E-state index contributed by atoms with van der Waals surface area (Å²) in [6.07, 6.45) is 0.580. The Bertz CT molecular complexity index is 925. The number of rotatable bonds is 5. The van der Waals surface area contributed by atoms with E-state index in [1.54, 1.807) is 49.4 Å². The van der Waals surface area contributed by atoms with E-state index in [0.717, 1.165) is 5.56 Å². The summed E-state index contributed by atoms with van der Waals surface area (Å²) in [5.41, 5.74) is 1.39. The van der Waals surface area contributed by atoms with Crippen molar-refractivity contribution in [2.24, 2.45) is 0 Å². The molecule has 8 nitrogen and oxygen atoms in total. The van der Waals surface area contributed by atoms with Crippen molar-refractivity contribution in [2.75, 3.05) is 18.5 Å². The van der Waals surface area contributed by atoms with E-state index in [1.807, 2.05) is 0 Å². The molecule has 1 aliphatic heterocycles. The molecule has 0 bridgehead atoms. The molecule has 2 aromatic carbocycles. The van der Waals surface area contributed by atoms with Gasteiger partial charge in [0.25, 0.3) is 5.91 Å². The van der Waals surface area contributed by atoms with Crippen LogP contribution in [-0.4, -0.2) is 35.4 Å². The van der Waals surface area contributed by atoms with Crippen LogP contribution in [0.3, 0.4) is 0 Å². The maximum Gasteiger partial charge on any atom is 0.265 e. The smallest absolute Gasteiger partial charge is 0.265 e. The van der Waals surface area contributed by atoms with Crippen molar-refractivity contribution in [1.82, 2.24) is 10.2 Å². The number of ether oxygens (including phenoxy) is 3. The molecule has 27 heavy (non-hydrogen) atoms. The summed E-state index contributed by atoms with van der Waals surface area (Å²) < 4.78 is 21.8. The molecule has 4 rings (SSSR count). The molecule has 0 saturated carbocycles. The molecule has 0 saturated heterocycles. The van der Waals surface area contributed by atoms with Gasteiger partial charge in [-0.1, -0.05) is 0 Å². The van der Waals surface area contributed by atoms with Crippen LogP contribution >= 0.6 is 0 Å². The first-order valence-electron chi connectivity index (χ1n) is 8.43. The van der Waals surface area contributed by atoms with Crippen molar-refractivity contribution in [3.8, 4) is 28.7 Å². The van der Waals surface area contributed by atoms with E-state index in [1.165, 1.54) is 6.39 Å². The van der Waals surface area contributed by atoms with E-state index in [2.05, 4.69) is 15.5 Å². The minimum atomic E-state index is -0.688. The van der Waals surface area contributed by atoms with Crippen LogP contribution < -0.4 is 19.5 Å². The summed E-state index contributed by atoms with van der Waals surface area (Å²) in [4.78, 5) is 12.4. The molecule has 0 radical (unpaired) electrons. The van der Waals surface area contributed by atoms with E-state index in [9.17, 15) is 4.79 Å². The molecule has 0 unspecified atom stereocenters. The maximum atomic E-state index is 12.4. The average Bonchev–Trinajstić information content (AvgIpc) is 3.23. The van der Waals surface area contributed by atoms with Crippen LogP contribution in [0.5, 0.6) is 17.2 Å². The number of carbonyl (C=O) groups is 1. The van der Waals surface area contributed by atoms with Crippen LogP contribution in [0.4, 0.5) is 5.69 Å². The van der Waals surface area contributed by atoms with Gasteiger partial charge in [0.2, 0.25) is 12.3 Å². The summed E-state index contributed by atoms with van der Waals surface area (Å²) >= 11 is 0. The number of nitrogens with zero attached hydrogens (tertiary/aromatic N) is 2. The van der Waals surface area contributed by atoms with E-state index in [-0.39, 0.29) is 5.91 Å². The zero-order valence-electron chi connectivity index (χ0n) is 14.5. The highest BCUT2D eigenvalue weighted by Gasteiger charge is 2.17. The molecule has 8 heteroatoms. The number of nitrogens with one attached hydrogen (secondary N) is 1.